The Balaban J connectivity index is 1.69. The number of anilines is 1. The van der Waals surface area contributed by atoms with Gasteiger partial charge in [0.05, 0.1) is 17.8 Å². The number of halogens is 1. The maximum Gasteiger partial charge on any atom is 0.265 e. The molecule has 5 nitrogen and oxygen atoms in total. The van der Waals surface area contributed by atoms with Gasteiger partial charge in [0.25, 0.3) is 11.8 Å². The Morgan fingerprint density at radius 2 is 1.67 bits per heavy atom. The van der Waals surface area contributed by atoms with Crippen LogP contribution in [0.25, 0.3) is 11.1 Å². The number of ether oxygens (including phenoxy) is 1. The highest BCUT2D eigenvalue weighted by atomic mass is 19.1. The molecule has 2 amide bonds. The van der Waals surface area contributed by atoms with E-state index in [4.69, 9.17) is 4.74 Å². The topological polar surface area (TPSA) is 49.9 Å². The molecule has 152 valence electrons. The molecule has 30 heavy (non-hydrogen) atoms. The highest BCUT2D eigenvalue weighted by Gasteiger charge is 2.35. The van der Waals surface area contributed by atoms with Gasteiger partial charge in [-0.15, -0.1) is 0 Å². The van der Waals surface area contributed by atoms with Crippen LogP contribution in [-0.2, 0) is 4.79 Å². The summed E-state index contributed by atoms with van der Waals surface area (Å²) in [4.78, 5) is 28.6. The average Bonchev–Trinajstić information content (AvgIpc) is 2.77. The molecule has 0 N–H and O–H groups in total. The van der Waals surface area contributed by atoms with Gasteiger partial charge in [-0.2, -0.15) is 0 Å². The number of likely N-dealkylation sites (N-methyl/N-ethyl adjacent to an activating group) is 1. The lowest BCUT2D eigenvalue weighted by molar-refractivity contribution is -0.135. The van der Waals surface area contributed by atoms with Crippen molar-refractivity contribution < 1.29 is 18.7 Å². The second kappa shape index (κ2) is 7.99. The normalized spacial score (nSPS) is 15.2. The third-order valence-corrected chi connectivity index (χ3v) is 5.04. The second-order valence-corrected chi connectivity index (χ2v) is 7.28. The molecule has 0 aliphatic carbocycles. The number of fused-ring (bicyclic) bond motifs is 1. The van der Waals surface area contributed by atoms with Crippen LogP contribution in [0.15, 0.2) is 72.8 Å². The van der Waals surface area contributed by atoms with Crippen molar-refractivity contribution in [3.8, 4) is 16.9 Å². The number of hydrogen-bond acceptors (Lipinski definition) is 3. The molecule has 0 spiro atoms. The average molecular weight is 404 g/mol. The van der Waals surface area contributed by atoms with E-state index in [-0.39, 0.29) is 18.0 Å². The first-order valence-corrected chi connectivity index (χ1v) is 9.59. The van der Waals surface area contributed by atoms with Crippen molar-refractivity contribution >= 4 is 17.5 Å². The second-order valence-electron chi connectivity index (χ2n) is 7.28. The van der Waals surface area contributed by atoms with E-state index in [1.165, 1.54) is 21.9 Å². The molecule has 0 saturated heterocycles. The summed E-state index contributed by atoms with van der Waals surface area (Å²) in [7, 11) is 3.25. The summed E-state index contributed by atoms with van der Waals surface area (Å²) in [6.45, 7) is 0.00668. The Morgan fingerprint density at radius 1 is 0.967 bits per heavy atom. The van der Waals surface area contributed by atoms with Gasteiger partial charge >= 0.3 is 0 Å². The van der Waals surface area contributed by atoms with E-state index in [1.807, 2.05) is 30.3 Å². The molecule has 1 heterocycles. The fourth-order valence-electron chi connectivity index (χ4n) is 3.49. The van der Waals surface area contributed by atoms with Crippen LogP contribution in [0.5, 0.6) is 5.75 Å². The minimum atomic E-state index is -0.856. The lowest BCUT2D eigenvalue weighted by Gasteiger charge is -2.35. The zero-order valence-electron chi connectivity index (χ0n) is 16.7. The number of nitrogens with zero attached hydrogens (tertiary/aromatic N) is 2. The molecule has 6 heteroatoms. The smallest absolute Gasteiger partial charge is 0.265 e. The highest BCUT2D eigenvalue weighted by Crippen LogP contribution is 2.35. The molecular weight excluding hydrogens is 383 g/mol. The van der Waals surface area contributed by atoms with Gasteiger partial charge in [-0.05, 0) is 35.4 Å². The maximum atomic E-state index is 14.9. The van der Waals surface area contributed by atoms with Gasteiger partial charge in [-0.3, -0.25) is 9.59 Å². The standard InChI is InChI=1S/C24H21FN2O3/c1-26(2)24(29)22-15-27(20-10-6-7-11-21(20)30-22)23(28)18-13-12-17(14-19(18)25)16-8-4-3-5-9-16/h3-14,22H,15H2,1-2H3. The molecule has 3 aromatic carbocycles. The van der Waals surface area contributed by atoms with Crippen LogP contribution in [0.1, 0.15) is 10.4 Å². The third kappa shape index (κ3) is 3.64. The number of carbonyl (C=O) groups excluding carboxylic acids is 2. The van der Waals surface area contributed by atoms with Gasteiger partial charge in [0, 0.05) is 14.1 Å². The number of rotatable bonds is 3. The van der Waals surface area contributed by atoms with Crippen molar-refractivity contribution in [1.82, 2.24) is 4.90 Å². The van der Waals surface area contributed by atoms with Crippen LogP contribution >= 0.6 is 0 Å². The van der Waals surface area contributed by atoms with E-state index in [0.29, 0.717) is 17.0 Å². The fourth-order valence-corrected chi connectivity index (χ4v) is 3.49. The number of para-hydroxylation sites is 2. The van der Waals surface area contributed by atoms with E-state index in [0.717, 1.165) is 5.56 Å². The maximum absolute atomic E-state index is 14.9. The lowest BCUT2D eigenvalue weighted by Crippen LogP contribution is -2.50. The summed E-state index contributed by atoms with van der Waals surface area (Å²) < 4.78 is 20.7. The van der Waals surface area contributed by atoms with E-state index in [1.54, 1.807) is 44.4 Å². The number of hydrogen-bond donors (Lipinski definition) is 0. The number of carbonyl (C=O) groups is 2. The molecule has 0 saturated carbocycles. The summed E-state index contributed by atoms with van der Waals surface area (Å²) in [5, 5.41) is 0. The monoisotopic (exact) mass is 404 g/mol. The van der Waals surface area contributed by atoms with Crippen LogP contribution in [0, 0.1) is 5.82 Å². The molecule has 0 radical (unpaired) electrons. The first-order chi connectivity index (χ1) is 14.5. The van der Waals surface area contributed by atoms with Crippen LogP contribution < -0.4 is 9.64 Å². The minimum absolute atomic E-state index is 0.00668. The molecule has 0 fully saturated rings. The van der Waals surface area contributed by atoms with Gasteiger partial charge in [-0.25, -0.2) is 4.39 Å². The van der Waals surface area contributed by atoms with Crippen LogP contribution in [-0.4, -0.2) is 43.5 Å². The van der Waals surface area contributed by atoms with Gasteiger partial charge in [0.2, 0.25) is 0 Å². The molecule has 1 unspecified atom stereocenters. The highest BCUT2D eigenvalue weighted by molar-refractivity contribution is 6.08. The Bertz CT molecular complexity index is 1100. The van der Waals surface area contributed by atoms with Crippen molar-refractivity contribution in [3.63, 3.8) is 0 Å². The summed E-state index contributed by atoms with van der Waals surface area (Å²) >= 11 is 0. The largest absolute Gasteiger partial charge is 0.476 e. The molecule has 1 atom stereocenters. The Morgan fingerprint density at radius 3 is 2.37 bits per heavy atom. The number of benzene rings is 3. The Kier molecular flexibility index (Phi) is 5.23. The lowest BCUT2D eigenvalue weighted by atomic mass is 10.0. The van der Waals surface area contributed by atoms with Crippen molar-refractivity contribution in [2.75, 3.05) is 25.5 Å². The quantitative estimate of drug-likeness (QED) is 0.663. The van der Waals surface area contributed by atoms with Crippen molar-refractivity contribution in [2.45, 2.75) is 6.10 Å². The Labute approximate surface area is 174 Å². The predicted molar refractivity (Wildman–Crippen MR) is 113 cm³/mol. The van der Waals surface area contributed by atoms with Gasteiger partial charge in [0.1, 0.15) is 11.6 Å². The molecular formula is C24H21FN2O3. The molecule has 1 aliphatic heterocycles. The zero-order chi connectivity index (χ0) is 21.3. The Hall–Kier alpha value is -3.67. The van der Waals surface area contributed by atoms with Crippen LogP contribution in [0.2, 0.25) is 0 Å². The van der Waals surface area contributed by atoms with Crippen molar-refractivity contribution in [2.24, 2.45) is 0 Å². The summed E-state index contributed by atoms with van der Waals surface area (Å²) in [5.74, 6) is -0.971. The van der Waals surface area contributed by atoms with E-state index >= 15 is 0 Å². The van der Waals surface area contributed by atoms with Gasteiger partial charge in [0.15, 0.2) is 6.10 Å². The predicted octanol–water partition coefficient (Wildman–Crippen LogP) is 3.99. The van der Waals surface area contributed by atoms with Gasteiger partial charge in [-0.1, -0.05) is 48.5 Å². The number of amides is 2. The van der Waals surface area contributed by atoms with Crippen molar-refractivity contribution in [1.29, 1.82) is 0 Å². The molecule has 1 aliphatic rings. The first kappa shape index (κ1) is 19.6. The molecule has 3 aromatic rings. The van der Waals surface area contributed by atoms with E-state index < -0.39 is 17.8 Å². The SMILES string of the molecule is CN(C)C(=O)C1CN(C(=O)c2ccc(-c3ccccc3)cc2F)c2ccccc2O1. The van der Waals surface area contributed by atoms with E-state index in [9.17, 15) is 14.0 Å². The van der Waals surface area contributed by atoms with Gasteiger partial charge < -0.3 is 14.5 Å². The summed E-state index contributed by atoms with van der Waals surface area (Å²) in [5.41, 5.74) is 2.01. The third-order valence-electron chi connectivity index (χ3n) is 5.04. The van der Waals surface area contributed by atoms with Crippen molar-refractivity contribution in [3.05, 3.63) is 84.2 Å². The minimum Gasteiger partial charge on any atom is -0.476 e. The molecule has 4 rings (SSSR count). The fraction of sp³-hybridized carbons (Fsp3) is 0.167. The molecule has 0 bridgehead atoms. The van der Waals surface area contributed by atoms with E-state index in [2.05, 4.69) is 0 Å². The molecule has 0 aromatic heterocycles. The summed E-state index contributed by atoms with van der Waals surface area (Å²) in [6, 6.07) is 20.9. The zero-order valence-corrected chi connectivity index (χ0v) is 16.7. The summed E-state index contributed by atoms with van der Waals surface area (Å²) in [6.07, 6.45) is -0.856. The van der Waals surface area contributed by atoms with Crippen LogP contribution in [0.4, 0.5) is 10.1 Å². The first-order valence-electron chi connectivity index (χ1n) is 9.59. The van der Waals surface area contributed by atoms with Crippen LogP contribution in [0.3, 0.4) is 0 Å².